The molecule has 0 spiro atoms. The van der Waals surface area contributed by atoms with Crippen molar-refractivity contribution in [3.05, 3.63) is 59.9 Å². The van der Waals surface area contributed by atoms with E-state index in [-0.39, 0.29) is 12.5 Å². The van der Waals surface area contributed by atoms with Crippen molar-refractivity contribution in [2.45, 2.75) is 33.7 Å². The van der Waals surface area contributed by atoms with Crippen LogP contribution < -0.4 is 10.2 Å². The number of hydrazone groups is 1. The summed E-state index contributed by atoms with van der Waals surface area (Å²) in [4.78, 5) is 16.8. The van der Waals surface area contributed by atoms with Crippen molar-refractivity contribution in [2.24, 2.45) is 5.10 Å². The first-order chi connectivity index (χ1) is 13.1. The molecule has 1 N–H and O–H groups in total. The zero-order chi connectivity index (χ0) is 19.2. The summed E-state index contributed by atoms with van der Waals surface area (Å²) in [6, 6.07) is 15.5. The van der Waals surface area contributed by atoms with Crippen molar-refractivity contribution in [1.82, 2.24) is 15.0 Å². The second kappa shape index (κ2) is 8.49. The summed E-state index contributed by atoms with van der Waals surface area (Å²) < 4.78 is 7.46. The molecule has 0 bridgehead atoms. The Hall–Kier alpha value is -3.15. The van der Waals surface area contributed by atoms with Crippen molar-refractivity contribution in [3.63, 3.8) is 0 Å². The van der Waals surface area contributed by atoms with Crippen molar-refractivity contribution in [1.29, 1.82) is 0 Å². The first kappa shape index (κ1) is 18.6. The highest BCUT2D eigenvalue weighted by atomic mass is 16.5. The molecule has 3 rings (SSSR count). The number of ether oxygens (including phenoxy) is 1. The topological polar surface area (TPSA) is 68.5 Å². The van der Waals surface area contributed by atoms with E-state index < -0.39 is 0 Å². The van der Waals surface area contributed by atoms with Crippen LogP contribution in [0.3, 0.4) is 0 Å². The predicted molar refractivity (Wildman–Crippen MR) is 107 cm³/mol. The highest BCUT2D eigenvalue weighted by molar-refractivity contribution is 5.99. The van der Waals surface area contributed by atoms with Gasteiger partial charge in [0.25, 0.3) is 5.91 Å². The van der Waals surface area contributed by atoms with E-state index >= 15 is 0 Å². The van der Waals surface area contributed by atoms with E-state index in [2.05, 4.69) is 22.4 Å². The molecule has 6 heteroatoms. The van der Waals surface area contributed by atoms with Gasteiger partial charge in [0.2, 0.25) is 0 Å². The maximum Gasteiger partial charge on any atom is 0.260 e. The molecule has 0 unspecified atom stereocenters. The van der Waals surface area contributed by atoms with Crippen LogP contribution in [0.15, 0.2) is 53.6 Å². The van der Waals surface area contributed by atoms with E-state index in [4.69, 9.17) is 4.74 Å². The van der Waals surface area contributed by atoms with Gasteiger partial charge in [0, 0.05) is 0 Å². The number of aromatic nitrogens is 2. The molecule has 0 saturated heterocycles. The van der Waals surface area contributed by atoms with Crippen molar-refractivity contribution >= 4 is 22.7 Å². The van der Waals surface area contributed by atoms with Crippen LogP contribution in [-0.4, -0.2) is 27.8 Å². The van der Waals surface area contributed by atoms with E-state index in [1.54, 1.807) is 0 Å². The van der Waals surface area contributed by atoms with E-state index in [1.807, 2.05) is 66.9 Å². The molecular weight excluding hydrogens is 340 g/mol. The van der Waals surface area contributed by atoms with E-state index in [0.717, 1.165) is 40.3 Å². The number of aryl methyl sites for hydroxylation is 1. The highest BCUT2D eigenvalue weighted by Gasteiger charge is 2.10. The number of hydrogen-bond acceptors (Lipinski definition) is 4. The van der Waals surface area contributed by atoms with Crippen LogP contribution >= 0.6 is 0 Å². The van der Waals surface area contributed by atoms with Gasteiger partial charge in [-0.05, 0) is 62.2 Å². The van der Waals surface area contributed by atoms with Crippen LogP contribution in [0, 0.1) is 6.92 Å². The third kappa shape index (κ3) is 4.53. The molecular formula is C21H24N4O2. The van der Waals surface area contributed by atoms with Gasteiger partial charge in [0.05, 0.1) is 23.4 Å². The van der Waals surface area contributed by atoms with Gasteiger partial charge in [0.1, 0.15) is 18.1 Å². The minimum Gasteiger partial charge on any atom is -0.494 e. The number of carbonyl (C=O) groups excluding carboxylic acids is 1. The van der Waals surface area contributed by atoms with E-state index in [1.165, 1.54) is 0 Å². The number of carbonyl (C=O) groups is 1. The first-order valence-electron chi connectivity index (χ1n) is 9.06. The molecule has 27 heavy (non-hydrogen) atoms. The standard InChI is InChI=1S/C21H24N4O2/c1-4-13-27-18-11-9-17(10-12-18)15(2)23-24-21(26)14-25-16(3)22-19-7-5-6-8-20(19)25/h5-12H,4,13-14H2,1-3H3,(H,24,26)/b23-15-. The van der Waals surface area contributed by atoms with Gasteiger partial charge in [-0.25, -0.2) is 10.4 Å². The number of para-hydroxylation sites is 2. The predicted octanol–water partition coefficient (Wildman–Crippen LogP) is 3.67. The van der Waals surface area contributed by atoms with Crippen LogP contribution in [0.25, 0.3) is 11.0 Å². The minimum atomic E-state index is -0.191. The minimum absolute atomic E-state index is 0.174. The molecule has 3 aromatic rings. The lowest BCUT2D eigenvalue weighted by Gasteiger charge is -2.07. The quantitative estimate of drug-likeness (QED) is 0.514. The van der Waals surface area contributed by atoms with E-state index in [0.29, 0.717) is 6.61 Å². The summed E-state index contributed by atoms with van der Waals surface area (Å²) >= 11 is 0. The number of imidazole rings is 1. The lowest BCUT2D eigenvalue weighted by Crippen LogP contribution is -2.24. The molecule has 6 nitrogen and oxygen atoms in total. The zero-order valence-corrected chi connectivity index (χ0v) is 15.9. The molecule has 0 atom stereocenters. The summed E-state index contributed by atoms with van der Waals surface area (Å²) in [5.41, 5.74) is 6.12. The van der Waals surface area contributed by atoms with Gasteiger partial charge < -0.3 is 9.30 Å². The molecule has 1 amide bonds. The number of nitrogens with zero attached hydrogens (tertiary/aromatic N) is 3. The van der Waals surface area contributed by atoms with Gasteiger partial charge in [-0.1, -0.05) is 19.1 Å². The number of nitrogens with one attached hydrogen (secondary N) is 1. The maximum atomic E-state index is 12.3. The Bertz CT molecular complexity index is 958. The fraction of sp³-hybridized carbons (Fsp3) is 0.286. The van der Waals surface area contributed by atoms with Crippen molar-refractivity contribution < 1.29 is 9.53 Å². The summed E-state index contributed by atoms with van der Waals surface area (Å²) in [6.45, 7) is 6.70. The highest BCUT2D eigenvalue weighted by Crippen LogP contribution is 2.15. The molecule has 0 aliphatic rings. The maximum absolute atomic E-state index is 12.3. The Kier molecular flexibility index (Phi) is 5.86. The van der Waals surface area contributed by atoms with Crippen LogP contribution in [-0.2, 0) is 11.3 Å². The lowest BCUT2D eigenvalue weighted by atomic mass is 10.1. The van der Waals surface area contributed by atoms with Crippen LogP contribution in [0.1, 0.15) is 31.7 Å². The molecule has 1 aromatic heterocycles. The van der Waals surface area contributed by atoms with Gasteiger partial charge in [-0.15, -0.1) is 0 Å². The summed E-state index contributed by atoms with van der Waals surface area (Å²) in [5.74, 6) is 1.44. The third-order valence-corrected chi connectivity index (χ3v) is 4.24. The molecule has 2 aromatic carbocycles. The van der Waals surface area contributed by atoms with Crippen LogP contribution in [0.5, 0.6) is 5.75 Å². The van der Waals surface area contributed by atoms with Gasteiger partial charge in [-0.3, -0.25) is 4.79 Å². The van der Waals surface area contributed by atoms with Crippen molar-refractivity contribution in [3.8, 4) is 5.75 Å². The summed E-state index contributed by atoms with van der Waals surface area (Å²) in [5, 5.41) is 4.22. The Morgan fingerprint density at radius 2 is 1.93 bits per heavy atom. The average Bonchev–Trinajstić information content (AvgIpc) is 3.00. The second-order valence-electron chi connectivity index (χ2n) is 6.34. The largest absolute Gasteiger partial charge is 0.494 e. The molecule has 0 aliphatic carbocycles. The number of rotatable bonds is 7. The van der Waals surface area contributed by atoms with Crippen LogP contribution in [0.4, 0.5) is 0 Å². The van der Waals surface area contributed by atoms with Gasteiger partial charge >= 0.3 is 0 Å². The number of fused-ring (bicyclic) bond motifs is 1. The number of benzene rings is 2. The number of hydrogen-bond donors (Lipinski definition) is 1. The Morgan fingerprint density at radius 3 is 2.67 bits per heavy atom. The van der Waals surface area contributed by atoms with E-state index in [9.17, 15) is 4.79 Å². The lowest BCUT2D eigenvalue weighted by molar-refractivity contribution is -0.121. The SMILES string of the molecule is CCCOc1ccc(/C(C)=N\NC(=O)Cn2c(C)nc3ccccc32)cc1. The fourth-order valence-electron chi connectivity index (χ4n) is 2.80. The van der Waals surface area contributed by atoms with Gasteiger partial charge in [0.15, 0.2) is 0 Å². The molecule has 0 saturated carbocycles. The molecule has 140 valence electrons. The van der Waals surface area contributed by atoms with Crippen molar-refractivity contribution in [2.75, 3.05) is 6.61 Å². The second-order valence-corrected chi connectivity index (χ2v) is 6.34. The summed E-state index contributed by atoms with van der Waals surface area (Å²) in [6.07, 6.45) is 0.972. The fourth-order valence-corrected chi connectivity index (χ4v) is 2.80. The smallest absolute Gasteiger partial charge is 0.260 e. The Balaban J connectivity index is 1.64. The molecule has 0 radical (unpaired) electrons. The van der Waals surface area contributed by atoms with Crippen LogP contribution in [0.2, 0.25) is 0 Å². The normalized spacial score (nSPS) is 11.6. The average molecular weight is 364 g/mol. The van der Waals surface area contributed by atoms with Gasteiger partial charge in [-0.2, -0.15) is 5.10 Å². The zero-order valence-electron chi connectivity index (χ0n) is 15.9. The number of amides is 1. The Labute approximate surface area is 158 Å². The molecule has 1 heterocycles. The molecule has 0 fully saturated rings. The molecule has 0 aliphatic heterocycles. The third-order valence-electron chi connectivity index (χ3n) is 4.24. The first-order valence-corrected chi connectivity index (χ1v) is 9.06. The Morgan fingerprint density at radius 1 is 1.19 bits per heavy atom. The monoisotopic (exact) mass is 364 g/mol. The summed E-state index contributed by atoms with van der Waals surface area (Å²) in [7, 11) is 0.